The van der Waals surface area contributed by atoms with Crippen LogP contribution in [0.1, 0.15) is 127 Å². The summed E-state index contributed by atoms with van der Waals surface area (Å²) in [4.78, 5) is 26.2. The molecule has 0 bridgehead atoms. The highest BCUT2D eigenvalue weighted by molar-refractivity contribution is 7.92. The molecule has 2 N–H and O–H groups in total. The van der Waals surface area contributed by atoms with Crippen molar-refractivity contribution in [1.29, 1.82) is 0 Å². The lowest BCUT2D eigenvalue weighted by Gasteiger charge is -2.28. The first kappa shape index (κ1) is 40.1. The number of carbonyl (C=O) groups is 2. The third kappa shape index (κ3) is 9.52. The van der Waals surface area contributed by atoms with Crippen molar-refractivity contribution in [2.45, 2.75) is 144 Å². The molecule has 0 spiro atoms. The maximum Gasteiger partial charge on any atom is 0.307 e. The van der Waals surface area contributed by atoms with Crippen LogP contribution in [0.2, 0.25) is 0 Å². The van der Waals surface area contributed by atoms with E-state index < -0.39 is 44.1 Å². The van der Waals surface area contributed by atoms with Gasteiger partial charge in [0.15, 0.2) is 9.84 Å². The molecule has 0 saturated heterocycles. The molecule has 0 saturated carbocycles. The number of hydrogen-bond donors (Lipinski definition) is 2. The SMILES string of the molecule is Cc1cc(C(C)(C)C)c(O)c(C)c1COC(=O)CC(C(C)C)S(=O)(=O)C(CC(=O)OCc1c(C)cc(C(C)(C)C)c(O)c1C)C(C)C. The predicted octanol–water partition coefficient (Wildman–Crippen LogP) is 7.96. The number of sulfone groups is 1. The first-order valence-electron chi connectivity index (χ1n) is 16.5. The van der Waals surface area contributed by atoms with Crippen LogP contribution in [0.15, 0.2) is 12.1 Å². The fourth-order valence-corrected chi connectivity index (χ4v) is 8.75. The number of aryl methyl sites for hydroxylation is 2. The fourth-order valence-electron chi connectivity index (χ4n) is 6.05. The number of aromatic hydroxyl groups is 2. The monoisotopic (exact) mass is 674 g/mol. The van der Waals surface area contributed by atoms with Crippen LogP contribution in [0.4, 0.5) is 0 Å². The van der Waals surface area contributed by atoms with Crippen molar-refractivity contribution in [2.75, 3.05) is 0 Å². The molecule has 2 aromatic carbocycles. The van der Waals surface area contributed by atoms with E-state index in [4.69, 9.17) is 9.47 Å². The molecule has 0 fully saturated rings. The van der Waals surface area contributed by atoms with E-state index in [2.05, 4.69) is 0 Å². The molecule has 0 aliphatic rings. The quantitative estimate of drug-likeness (QED) is 0.217. The zero-order chi connectivity index (χ0) is 36.4. The number of carbonyl (C=O) groups excluding carboxylic acids is 2. The van der Waals surface area contributed by atoms with Gasteiger partial charge in [-0.3, -0.25) is 9.59 Å². The first-order chi connectivity index (χ1) is 21.3. The summed E-state index contributed by atoms with van der Waals surface area (Å²) in [5.41, 5.74) is 5.41. The zero-order valence-electron chi connectivity index (χ0n) is 31.0. The minimum atomic E-state index is -3.99. The minimum Gasteiger partial charge on any atom is -0.507 e. The molecule has 2 atom stereocenters. The molecule has 0 aliphatic heterocycles. The molecule has 8 nitrogen and oxygen atoms in total. The molecule has 0 heterocycles. The van der Waals surface area contributed by atoms with Crippen LogP contribution < -0.4 is 0 Å². The van der Waals surface area contributed by atoms with Gasteiger partial charge < -0.3 is 19.7 Å². The highest BCUT2D eigenvalue weighted by Crippen LogP contribution is 2.38. The van der Waals surface area contributed by atoms with Gasteiger partial charge in [-0.15, -0.1) is 0 Å². The fraction of sp³-hybridized carbons (Fsp3) is 0.632. The molecule has 9 heteroatoms. The second kappa shape index (κ2) is 15.0. The Balaban J connectivity index is 2.22. The predicted molar refractivity (Wildman–Crippen MR) is 188 cm³/mol. The molecule has 264 valence electrons. The molecular formula is C38H58O8S. The van der Waals surface area contributed by atoms with E-state index >= 15 is 0 Å². The average Bonchev–Trinajstić information content (AvgIpc) is 2.92. The summed E-state index contributed by atoms with van der Waals surface area (Å²) in [6.07, 6.45) is -0.722. The van der Waals surface area contributed by atoms with Gasteiger partial charge in [0.25, 0.3) is 0 Å². The van der Waals surface area contributed by atoms with Crippen molar-refractivity contribution < 1.29 is 37.7 Å². The largest absolute Gasteiger partial charge is 0.507 e. The third-order valence-electron chi connectivity index (χ3n) is 9.24. The highest BCUT2D eigenvalue weighted by Gasteiger charge is 2.40. The van der Waals surface area contributed by atoms with Gasteiger partial charge in [0.1, 0.15) is 24.7 Å². The molecular weight excluding hydrogens is 616 g/mol. The Morgan fingerprint density at radius 3 is 1.21 bits per heavy atom. The average molecular weight is 675 g/mol. The van der Waals surface area contributed by atoms with Crippen LogP contribution in [0.25, 0.3) is 0 Å². The Hall–Kier alpha value is -3.07. The number of hydrogen-bond acceptors (Lipinski definition) is 8. The second-order valence-corrected chi connectivity index (χ2v) is 18.2. The lowest BCUT2D eigenvalue weighted by Crippen LogP contribution is -2.41. The lowest BCUT2D eigenvalue weighted by molar-refractivity contribution is -0.145. The van der Waals surface area contributed by atoms with Crippen molar-refractivity contribution in [3.63, 3.8) is 0 Å². The second-order valence-electron chi connectivity index (χ2n) is 15.8. The molecule has 0 aromatic heterocycles. The van der Waals surface area contributed by atoms with E-state index in [1.807, 2.05) is 67.5 Å². The number of rotatable bonds is 12. The summed E-state index contributed by atoms with van der Waals surface area (Å²) in [5.74, 6) is -1.85. The van der Waals surface area contributed by atoms with Crippen LogP contribution in [-0.4, -0.2) is 41.1 Å². The Labute approximate surface area is 283 Å². The summed E-state index contributed by atoms with van der Waals surface area (Å²) < 4.78 is 39.2. The number of esters is 2. The van der Waals surface area contributed by atoms with E-state index in [9.17, 15) is 28.2 Å². The summed E-state index contributed by atoms with van der Waals surface area (Å²) in [6.45, 7) is 26.2. The molecule has 0 amide bonds. The number of phenols is 2. The first-order valence-corrected chi connectivity index (χ1v) is 18.1. The van der Waals surface area contributed by atoms with Gasteiger partial charge >= 0.3 is 11.9 Å². The minimum absolute atomic E-state index is 0.0929. The summed E-state index contributed by atoms with van der Waals surface area (Å²) in [7, 11) is -3.99. The third-order valence-corrected chi connectivity index (χ3v) is 12.3. The van der Waals surface area contributed by atoms with Gasteiger partial charge in [0, 0.05) is 0 Å². The molecule has 2 unspecified atom stereocenters. The van der Waals surface area contributed by atoms with Crippen molar-refractivity contribution in [3.05, 3.63) is 56.6 Å². The van der Waals surface area contributed by atoms with Gasteiger partial charge in [-0.1, -0.05) is 81.4 Å². The molecule has 0 aliphatic carbocycles. The van der Waals surface area contributed by atoms with Crippen molar-refractivity contribution >= 4 is 21.8 Å². The van der Waals surface area contributed by atoms with Crippen molar-refractivity contribution in [1.82, 2.24) is 0 Å². The van der Waals surface area contributed by atoms with E-state index in [0.717, 1.165) is 22.3 Å². The van der Waals surface area contributed by atoms with Crippen LogP contribution in [0.3, 0.4) is 0 Å². The Kier molecular flexibility index (Phi) is 12.8. The molecule has 47 heavy (non-hydrogen) atoms. The number of benzene rings is 2. The van der Waals surface area contributed by atoms with E-state index in [-0.39, 0.29) is 48.4 Å². The Bertz CT molecular complexity index is 1460. The van der Waals surface area contributed by atoms with Crippen LogP contribution >= 0.6 is 0 Å². The molecule has 2 rings (SSSR count). The van der Waals surface area contributed by atoms with Crippen LogP contribution in [-0.2, 0) is 52.9 Å². The maximum absolute atomic E-state index is 14.0. The lowest BCUT2D eigenvalue weighted by atomic mass is 9.83. The summed E-state index contributed by atoms with van der Waals surface area (Å²) >= 11 is 0. The van der Waals surface area contributed by atoms with Gasteiger partial charge in [-0.25, -0.2) is 8.42 Å². The van der Waals surface area contributed by atoms with Crippen molar-refractivity contribution in [3.8, 4) is 11.5 Å². The maximum atomic E-state index is 14.0. The van der Waals surface area contributed by atoms with Gasteiger partial charge in [-0.05, 0) is 94.9 Å². The Morgan fingerprint density at radius 1 is 0.660 bits per heavy atom. The molecule has 0 radical (unpaired) electrons. The Morgan fingerprint density at radius 2 is 0.957 bits per heavy atom. The summed E-state index contributed by atoms with van der Waals surface area (Å²) in [6, 6.07) is 3.79. The summed E-state index contributed by atoms with van der Waals surface area (Å²) in [5, 5.41) is 19.5. The van der Waals surface area contributed by atoms with Crippen molar-refractivity contribution in [2.24, 2.45) is 11.8 Å². The van der Waals surface area contributed by atoms with E-state index in [0.29, 0.717) is 22.3 Å². The van der Waals surface area contributed by atoms with E-state index in [1.165, 1.54) is 0 Å². The normalized spacial score (nSPS) is 14.0. The highest BCUT2D eigenvalue weighted by atomic mass is 32.2. The van der Waals surface area contributed by atoms with Crippen LogP contribution in [0, 0.1) is 39.5 Å². The van der Waals surface area contributed by atoms with Crippen LogP contribution in [0.5, 0.6) is 11.5 Å². The smallest absolute Gasteiger partial charge is 0.307 e. The van der Waals surface area contributed by atoms with Gasteiger partial charge in [-0.2, -0.15) is 0 Å². The van der Waals surface area contributed by atoms with E-state index in [1.54, 1.807) is 41.5 Å². The number of ether oxygens (including phenoxy) is 2. The zero-order valence-corrected chi connectivity index (χ0v) is 31.9. The number of phenolic OH excluding ortho intramolecular Hbond substituents is 2. The van der Waals surface area contributed by atoms with Gasteiger partial charge in [0.05, 0.1) is 23.3 Å². The topological polar surface area (TPSA) is 127 Å². The van der Waals surface area contributed by atoms with Gasteiger partial charge in [0.2, 0.25) is 0 Å². The molecule has 2 aromatic rings. The standard InChI is InChI=1S/C38H58O8S/c1-21(2)31(17-33(39)45-19-27-23(5)15-29(37(9,10)11)35(41)25(27)7)47(43,44)32(22(3)4)18-34(40)46-20-28-24(6)16-30(38(12,13)14)36(42)26(28)8/h15-16,21-22,31-32,41-42H,17-20H2,1-14H3.